The molecule has 0 radical (unpaired) electrons. The molecule has 16 heteroatoms. The van der Waals surface area contributed by atoms with Gasteiger partial charge in [0.05, 0.1) is 66.0 Å². The fourth-order valence-corrected chi connectivity index (χ4v) is 19.9. The Labute approximate surface area is 584 Å². The monoisotopic (exact) mass is 1360 g/mol. The van der Waals surface area contributed by atoms with Gasteiger partial charge in [0.2, 0.25) is 0 Å². The molecule has 16 nitrogen and oxygen atoms in total. The summed E-state index contributed by atoms with van der Waals surface area (Å²) in [5.41, 5.74) is 2.90. The third-order valence-corrected chi connectivity index (χ3v) is 26.9. The molecule has 540 valence electrons. The van der Waals surface area contributed by atoms with E-state index in [1.54, 1.807) is 36.4 Å². The van der Waals surface area contributed by atoms with Crippen LogP contribution in [0.1, 0.15) is 212 Å². The van der Waals surface area contributed by atoms with E-state index in [0.29, 0.717) is 60.3 Å². The summed E-state index contributed by atoms with van der Waals surface area (Å²) < 4.78 is 82.1. The largest absolute Gasteiger partial charge is 0.453 e. The van der Waals surface area contributed by atoms with E-state index in [1.165, 1.54) is 5.57 Å². The second-order valence-electron chi connectivity index (χ2n) is 32.3. The van der Waals surface area contributed by atoms with E-state index in [-0.39, 0.29) is 106 Å². The molecule has 0 bridgehead atoms. The molecule has 31 atom stereocenters. The lowest BCUT2D eigenvalue weighted by Crippen LogP contribution is -2.62. The van der Waals surface area contributed by atoms with Crippen molar-refractivity contribution in [2.75, 3.05) is 6.61 Å². The Morgan fingerprint density at radius 3 is 1.59 bits per heavy atom. The van der Waals surface area contributed by atoms with Crippen molar-refractivity contribution in [3.63, 3.8) is 0 Å². The maximum absolute atomic E-state index is 14.0. The van der Waals surface area contributed by atoms with Gasteiger partial charge in [-0.05, 0) is 172 Å². The Hall–Kier alpha value is -4.59. The molecule has 8 fully saturated rings. The highest BCUT2D eigenvalue weighted by molar-refractivity contribution is 5.90. The molecule has 5 saturated heterocycles. The minimum Gasteiger partial charge on any atom is -0.453 e. The minimum absolute atomic E-state index is 0.00502. The van der Waals surface area contributed by atoms with E-state index in [9.17, 15) is 19.5 Å². The van der Waals surface area contributed by atoms with Crippen molar-refractivity contribution in [1.29, 1.82) is 0 Å². The number of esters is 3. The quantitative estimate of drug-likeness (QED) is 0.0603. The summed E-state index contributed by atoms with van der Waals surface area (Å²) in [4.78, 5) is 41.2. The molecule has 10 unspecified atom stereocenters. The average Bonchev–Trinajstić information content (AvgIpc) is 1.50. The highest BCUT2D eigenvalue weighted by Gasteiger charge is 2.68. The topological polar surface area (TPSA) is 182 Å². The van der Waals surface area contributed by atoms with Gasteiger partial charge in [0.1, 0.15) is 6.10 Å². The molecule has 4 aliphatic carbocycles. The number of hydrogen-bond donors (Lipinski definition) is 1. The molecular formula is C82H116O16. The Morgan fingerprint density at radius 2 is 1.04 bits per heavy atom. The van der Waals surface area contributed by atoms with Gasteiger partial charge in [-0.3, -0.25) is 0 Å². The van der Waals surface area contributed by atoms with E-state index < -0.39 is 79.5 Å². The van der Waals surface area contributed by atoms with Crippen LogP contribution in [0.2, 0.25) is 0 Å². The number of aliphatic hydroxyl groups is 1. The Kier molecular flexibility index (Phi) is 22.7. The predicted octanol–water partition coefficient (Wildman–Crippen LogP) is 15.8. The molecule has 3 aromatic rings. The van der Waals surface area contributed by atoms with Gasteiger partial charge in [0, 0.05) is 36.0 Å². The summed E-state index contributed by atoms with van der Waals surface area (Å²) in [7, 11) is 0. The maximum atomic E-state index is 14.0. The smallest absolute Gasteiger partial charge is 0.338 e. The molecule has 3 aromatic carbocycles. The van der Waals surface area contributed by atoms with Crippen LogP contribution in [0.25, 0.3) is 0 Å². The molecule has 0 aromatic heterocycles. The van der Waals surface area contributed by atoms with Crippen LogP contribution >= 0.6 is 0 Å². The third kappa shape index (κ3) is 14.3. The van der Waals surface area contributed by atoms with Gasteiger partial charge in [-0.2, -0.15) is 0 Å². The van der Waals surface area contributed by atoms with Crippen molar-refractivity contribution in [3.05, 3.63) is 119 Å². The summed E-state index contributed by atoms with van der Waals surface area (Å²) in [5, 5.41) is 12.6. The van der Waals surface area contributed by atoms with Gasteiger partial charge in [-0.25, -0.2) is 14.4 Å². The van der Waals surface area contributed by atoms with E-state index in [1.807, 2.05) is 61.5 Å². The first-order valence-electron chi connectivity index (χ1n) is 38.0. The molecular weight excluding hydrogens is 1240 g/mol. The van der Waals surface area contributed by atoms with Gasteiger partial charge in [-0.1, -0.05) is 163 Å². The number of fused-ring (bicyclic) bond motifs is 7. The van der Waals surface area contributed by atoms with Crippen molar-refractivity contribution < 1.29 is 76.3 Å². The first-order chi connectivity index (χ1) is 46.9. The second-order valence-corrected chi connectivity index (χ2v) is 32.3. The summed E-state index contributed by atoms with van der Waals surface area (Å²) in [6.07, 6.45) is 5.00. The second kappa shape index (κ2) is 30.4. The van der Waals surface area contributed by atoms with Crippen molar-refractivity contribution in [2.45, 2.75) is 279 Å². The Morgan fingerprint density at radius 1 is 0.551 bits per heavy atom. The lowest BCUT2D eigenvalue weighted by molar-refractivity contribution is -0.373. The van der Waals surface area contributed by atoms with E-state index >= 15 is 0 Å². The molecule has 98 heavy (non-hydrogen) atoms. The van der Waals surface area contributed by atoms with Gasteiger partial charge < -0.3 is 61.9 Å². The number of ether oxygens (including phenoxy) is 12. The first kappa shape index (κ1) is 73.2. The van der Waals surface area contributed by atoms with Crippen LogP contribution in [0.3, 0.4) is 0 Å². The standard InChI is InChI=1S/C82H116O16/c1-16-63-47(6)50(9)69(93-73(83)55-28-22-19-23-29-55)76(90-63)87-44-45(4)36-41-82(86)53(12)67-66(98-82)43-62-60-35-34-58-42-59(37-39-80(58,14)61(60)38-40-81(62,67)15)89-78-72(97-77-70(49(8)46(5)54(13)88-77)94-74(84)56-30-24-20-25-31-56)52(11)68(65(18-3)92-78)96-79-71(51(10)48(7)64(17-2)91-79)95-75(85)57-32-26-21-27-33-57/h19-34,45-54,59-72,76-79,86H,16-18,35-44H2,1-15H3/t45-,46-,47+,48+,49+,50+,51+,52+,53+,54?,59+,60-,61+,62+,63?,64?,65?,66?,67+,68+,69?,70?,71?,72?,76-,77+,78-,79+,80+,81+,82?/m1/s1. The molecule has 5 heterocycles. The number of benzene rings is 3. The molecule has 9 aliphatic rings. The first-order valence-corrected chi connectivity index (χ1v) is 38.0. The lowest BCUT2D eigenvalue weighted by Gasteiger charge is -2.58. The molecule has 0 amide bonds. The van der Waals surface area contributed by atoms with Crippen LogP contribution < -0.4 is 0 Å². The highest BCUT2D eigenvalue weighted by atomic mass is 16.8. The zero-order chi connectivity index (χ0) is 69.7. The third-order valence-electron chi connectivity index (χ3n) is 26.9. The number of hydrogen-bond acceptors (Lipinski definition) is 16. The molecule has 3 saturated carbocycles. The average molecular weight is 1360 g/mol. The summed E-state index contributed by atoms with van der Waals surface area (Å²) in [5.74, 6) is -0.941. The summed E-state index contributed by atoms with van der Waals surface area (Å²) in [6.45, 7) is 33.1. The zero-order valence-electron chi connectivity index (χ0n) is 61.2. The molecule has 1 N–H and O–H groups in total. The van der Waals surface area contributed by atoms with Crippen LogP contribution in [-0.2, 0) is 56.8 Å². The van der Waals surface area contributed by atoms with Crippen LogP contribution in [0.4, 0.5) is 0 Å². The fourth-order valence-electron chi connectivity index (χ4n) is 19.9. The van der Waals surface area contributed by atoms with E-state index in [4.69, 9.17) is 56.8 Å². The van der Waals surface area contributed by atoms with Crippen LogP contribution in [-0.4, -0.2) is 128 Å². The molecule has 5 aliphatic heterocycles. The summed E-state index contributed by atoms with van der Waals surface area (Å²) >= 11 is 0. The van der Waals surface area contributed by atoms with Gasteiger partial charge in [-0.15, -0.1) is 0 Å². The van der Waals surface area contributed by atoms with Crippen molar-refractivity contribution in [3.8, 4) is 0 Å². The molecule has 0 spiro atoms. The van der Waals surface area contributed by atoms with Gasteiger partial charge in [0.25, 0.3) is 0 Å². The van der Waals surface area contributed by atoms with Gasteiger partial charge >= 0.3 is 17.9 Å². The van der Waals surface area contributed by atoms with Crippen molar-refractivity contribution >= 4 is 17.9 Å². The number of allylic oxidation sites excluding steroid dienone is 1. The normalized spacial score (nSPS) is 44.0. The Bertz CT molecular complexity index is 3190. The van der Waals surface area contributed by atoms with Crippen LogP contribution in [0.5, 0.6) is 0 Å². The SMILES string of the molecule is CCC1O[C@@H](OC[C@H](C)CCC2(O)OC3C[C@H]4[C@@H]5CC=C6C[C@@H](O[C@@H]7OC(CC)[C@@H](O[C@@H]8OC(CC)[C@@H](C)[C@H](C)C8OC(=O)c8ccccc8)[C@H](C)C7O[C@@H]7OC(C)[C@H](C)[C@H](C)C7OC(=O)c7ccccc7)CC[C@]6(C)[C@H]5CC[C@]4(C)[C@H]3[C@@H]2C)C(OC(=O)c2ccccc2)[C@@H](C)[C@@H]1C. The number of carbonyl (C=O) groups excluding carboxylic acids is 3. The van der Waals surface area contributed by atoms with Crippen molar-refractivity contribution in [2.24, 2.45) is 87.8 Å². The predicted molar refractivity (Wildman–Crippen MR) is 371 cm³/mol. The highest BCUT2D eigenvalue weighted by Crippen LogP contribution is 2.70. The minimum atomic E-state index is -1.24. The Balaban J connectivity index is 0.729. The van der Waals surface area contributed by atoms with Crippen molar-refractivity contribution in [1.82, 2.24) is 0 Å². The fraction of sp³-hybridized carbons (Fsp3) is 0.720. The number of rotatable bonds is 21. The van der Waals surface area contributed by atoms with Gasteiger partial charge in [0.15, 0.2) is 49.3 Å². The molecule has 12 rings (SSSR count). The lowest BCUT2D eigenvalue weighted by atomic mass is 9.47. The summed E-state index contributed by atoms with van der Waals surface area (Å²) in [6, 6.07) is 27.2. The van der Waals surface area contributed by atoms with Crippen LogP contribution in [0.15, 0.2) is 103 Å². The van der Waals surface area contributed by atoms with Crippen LogP contribution in [0, 0.1) is 87.8 Å². The zero-order valence-corrected chi connectivity index (χ0v) is 61.2. The maximum Gasteiger partial charge on any atom is 0.338 e. The van der Waals surface area contributed by atoms with E-state index in [2.05, 4.69) is 103 Å². The van der Waals surface area contributed by atoms with E-state index in [0.717, 1.165) is 57.8 Å². The number of carbonyl (C=O) groups is 3.